The Morgan fingerprint density at radius 3 is 2.74 bits per heavy atom. The lowest BCUT2D eigenvalue weighted by Gasteiger charge is -2.09. The van der Waals surface area contributed by atoms with Crippen LogP contribution in [0.15, 0.2) is 36.4 Å². The third-order valence-electron chi connectivity index (χ3n) is 3.27. The number of rotatable bonds is 1. The highest BCUT2D eigenvalue weighted by Crippen LogP contribution is 2.24. The summed E-state index contributed by atoms with van der Waals surface area (Å²) in [7, 11) is 0. The Hall–Kier alpha value is -1.94. The maximum atomic E-state index is 13.8. The van der Waals surface area contributed by atoms with Crippen LogP contribution in [0, 0.1) is 24.4 Å². The molecule has 0 fully saturated rings. The van der Waals surface area contributed by atoms with Gasteiger partial charge in [0.1, 0.15) is 11.3 Å². The summed E-state index contributed by atoms with van der Waals surface area (Å²) in [5.74, 6) is -0.285. The fourth-order valence-corrected chi connectivity index (χ4v) is 2.59. The maximum absolute atomic E-state index is 13.8. The van der Waals surface area contributed by atoms with Crippen LogP contribution in [-0.4, -0.2) is 9.55 Å². The summed E-state index contributed by atoms with van der Waals surface area (Å²) >= 11 is 5.34. The lowest BCUT2D eigenvalue weighted by atomic mass is 10.1. The number of hydrogen-bond acceptors (Lipinski definition) is 1. The van der Waals surface area contributed by atoms with Gasteiger partial charge in [0.25, 0.3) is 0 Å². The first kappa shape index (κ1) is 12.1. The Morgan fingerprint density at radius 1 is 1.16 bits per heavy atom. The SMILES string of the molecule is Cc1ccc(C)c(-n2c(=S)[nH]c3c(F)cccc32)c1. The highest BCUT2D eigenvalue weighted by Gasteiger charge is 2.11. The van der Waals surface area contributed by atoms with Gasteiger partial charge in [0.05, 0.1) is 11.2 Å². The molecule has 0 saturated carbocycles. The van der Waals surface area contributed by atoms with Crippen molar-refractivity contribution in [1.82, 2.24) is 9.55 Å². The van der Waals surface area contributed by atoms with E-state index >= 15 is 0 Å². The minimum Gasteiger partial charge on any atom is -0.328 e. The molecule has 1 N–H and O–H groups in total. The van der Waals surface area contributed by atoms with Gasteiger partial charge >= 0.3 is 0 Å². The molecule has 0 aliphatic rings. The third kappa shape index (κ3) is 1.88. The standard InChI is InChI=1S/C15H13FN2S/c1-9-6-7-10(2)13(8-9)18-12-5-3-4-11(16)14(12)17-15(18)19/h3-8H,1-2H3,(H,17,19). The molecule has 4 heteroatoms. The van der Waals surface area contributed by atoms with E-state index < -0.39 is 0 Å². The molecule has 0 bridgehead atoms. The van der Waals surface area contributed by atoms with Crippen LogP contribution in [0.1, 0.15) is 11.1 Å². The first-order valence-corrected chi connectivity index (χ1v) is 6.45. The van der Waals surface area contributed by atoms with Gasteiger partial charge in [-0.25, -0.2) is 4.39 Å². The molecule has 3 rings (SSSR count). The second-order valence-corrected chi connectivity index (χ2v) is 5.08. The van der Waals surface area contributed by atoms with Crippen molar-refractivity contribution in [3.05, 3.63) is 58.1 Å². The summed E-state index contributed by atoms with van der Waals surface area (Å²) in [6.45, 7) is 4.05. The van der Waals surface area contributed by atoms with Crippen molar-refractivity contribution in [2.45, 2.75) is 13.8 Å². The minimum absolute atomic E-state index is 0.285. The van der Waals surface area contributed by atoms with Crippen LogP contribution in [0.25, 0.3) is 16.7 Å². The quantitative estimate of drug-likeness (QED) is 0.649. The van der Waals surface area contributed by atoms with Crippen LogP contribution >= 0.6 is 12.2 Å². The number of imidazole rings is 1. The van der Waals surface area contributed by atoms with Crippen molar-refractivity contribution in [3.8, 4) is 5.69 Å². The average Bonchev–Trinajstić information content (AvgIpc) is 2.70. The number of aromatic nitrogens is 2. The first-order valence-electron chi connectivity index (χ1n) is 6.05. The van der Waals surface area contributed by atoms with E-state index in [1.807, 2.05) is 30.5 Å². The topological polar surface area (TPSA) is 20.7 Å². The van der Waals surface area contributed by atoms with E-state index in [1.54, 1.807) is 6.07 Å². The van der Waals surface area contributed by atoms with Crippen molar-refractivity contribution in [2.75, 3.05) is 0 Å². The van der Waals surface area contributed by atoms with Crippen molar-refractivity contribution >= 4 is 23.3 Å². The molecule has 0 unspecified atom stereocenters. The van der Waals surface area contributed by atoms with E-state index in [0.29, 0.717) is 10.3 Å². The third-order valence-corrected chi connectivity index (χ3v) is 3.56. The number of benzene rings is 2. The van der Waals surface area contributed by atoms with Crippen LogP contribution in [-0.2, 0) is 0 Å². The predicted molar refractivity (Wildman–Crippen MR) is 77.9 cm³/mol. The highest BCUT2D eigenvalue weighted by atomic mass is 32.1. The normalized spacial score (nSPS) is 11.1. The van der Waals surface area contributed by atoms with Gasteiger partial charge < -0.3 is 4.98 Å². The van der Waals surface area contributed by atoms with Gasteiger partial charge in [-0.15, -0.1) is 0 Å². The fraction of sp³-hybridized carbons (Fsp3) is 0.133. The van der Waals surface area contributed by atoms with Crippen LogP contribution in [0.4, 0.5) is 4.39 Å². The molecular formula is C15H13FN2S. The van der Waals surface area contributed by atoms with Gasteiger partial charge in [-0.05, 0) is 55.4 Å². The lowest BCUT2D eigenvalue weighted by molar-refractivity contribution is 0.637. The lowest BCUT2D eigenvalue weighted by Crippen LogP contribution is -1.97. The van der Waals surface area contributed by atoms with Gasteiger partial charge in [-0.1, -0.05) is 18.2 Å². The summed E-state index contributed by atoms with van der Waals surface area (Å²) in [4.78, 5) is 2.94. The Balaban J connectivity index is 2.43. The smallest absolute Gasteiger partial charge is 0.182 e. The number of H-pyrrole nitrogens is 1. The van der Waals surface area contributed by atoms with Gasteiger partial charge in [0.2, 0.25) is 0 Å². The number of nitrogens with one attached hydrogen (secondary N) is 1. The predicted octanol–water partition coefficient (Wildman–Crippen LogP) is 4.44. The first-order chi connectivity index (χ1) is 9.08. The summed E-state index contributed by atoms with van der Waals surface area (Å²) in [5.41, 5.74) is 4.45. The van der Waals surface area contributed by atoms with Crippen molar-refractivity contribution in [2.24, 2.45) is 0 Å². The van der Waals surface area contributed by atoms with E-state index in [0.717, 1.165) is 22.3 Å². The van der Waals surface area contributed by atoms with Crippen molar-refractivity contribution in [1.29, 1.82) is 0 Å². The Kier molecular flexibility index (Phi) is 2.75. The highest BCUT2D eigenvalue weighted by molar-refractivity contribution is 7.71. The van der Waals surface area contributed by atoms with E-state index in [2.05, 4.69) is 17.1 Å². The molecule has 2 nitrogen and oxygen atoms in total. The number of nitrogens with zero attached hydrogens (tertiary/aromatic N) is 1. The molecule has 2 aromatic carbocycles. The Morgan fingerprint density at radius 2 is 1.95 bits per heavy atom. The largest absolute Gasteiger partial charge is 0.328 e. The molecule has 0 aliphatic heterocycles. The molecule has 0 amide bonds. The van der Waals surface area contributed by atoms with Gasteiger partial charge in [-0.3, -0.25) is 4.57 Å². The summed E-state index contributed by atoms with van der Waals surface area (Å²) in [5, 5.41) is 0. The van der Waals surface area contributed by atoms with Crippen LogP contribution < -0.4 is 0 Å². The zero-order valence-corrected chi connectivity index (χ0v) is 11.5. The summed E-state index contributed by atoms with van der Waals surface area (Å²) in [6, 6.07) is 11.2. The summed E-state index contributed by atoms with van der Waals surface area (Å²) < 4.78 is 16.2. The molecule has 1 heterocycles. The van der Waals surface area contributed by atoms with Gasteiger partial charge in [0.15, 0.2) is 4.77 Å². The molecular weight excluding hydrogens is 259 g/mol. The van der Waals surface area contributed by atoms with Gasteiger partial charge in [0, 0.05) is 0 Å². The fourth-order valence-electron chi connectivity index (χ4n) is 2.29. The number of halogens is 1. The number of aromatic amines is 1. The zero-order chi connectivity index (χ0) is 13.6. The molecule has 0 atom stereocenters. The molecule has 0 radical (unpaired) electrons. The van der Waals surface area contributed by atoms with Crippen molar-refractivity contribution in [3.63, 3.8) is 0 Å². The van der Waals surface area contributed by atoms with Crippen LogP contribution in [0.3, 0.4) is 0 Å². The Labute approximate surface area is 115 Å². The van der Waals surface area contributed by atoms with E-state index in [9.17, 15) is 4.39 Å². The number of hydrogen-bond donors (Lipinski definition) is 1. The maximum Gasteiger partial charge on any atom is 0.182 e. The Bertz CT molecular complexity index is 830. The number of para-hydroxylation sites is 1. The monoisotopic (exact) mass is 272 g/mol. The molecule has 0 saturated heterocycles. The second-order valence-electron chi connectivity index (χ2n) is 4.69. The number of fused-ring (bicyclic) bond motifs is 1. The van der Waals surface area contributed by atoms with E-state index in [4.69, 9.17) is 12.2 Å². The number of aryl methyl sites for hydroxylation is 2. The zero-order valence-electron chi connectivity index (χ0n) is 10.7. The second kappa shape index (κ2) is 4.31. The molecule has 96 valence electrons. The van der Waals surface area contributed by atoms with E-state index in [1.165, 1.54) is 6.07 Å². The molecule has 1 aromatic heterocycles. The molecule has 0 spiro atoms. The van der Waals surface area contributed by atoms with Crippen LogP contribution in [0.2, 0.25) is 0 Å². The van der Waals surface area contributed by atoms with Gasteiger partial charge in [-0.2, -0.15) is 0 Å². The average molecular weight is 272 g/mol. The molecule has 3 aromatic rings. The molecule has 19 heavy (non-hydrogen) atoms. The summed E-state index contributed by atoms with van der Waals surface area (Å²) in [6.07, 6.45) is 0. The van der Waals surface area contributed by atoms with Crippen LogP contribution in [0.5, 0.6) is 0 Å². The van der Waals surface area contributed by atoms with Crippen molar-refractivity contribution < 1.29 is 4.39 Å². The minimum atomic E-state index is -0.285. The molecule has 0 aliphatic carbocycles. The van der Waals surface area contributed by atoms with E-state index in [-0.39, 0.29) is 5.82 Å².